The van der Waals surface area contributed by atoms with Crippen LogP contribution in [0.3, 0.4) is 0 Å². The molecule has 0 saturated carbocycles. The van der Waals surface area contributed by atoms with Crippen molar-refractivity contribution in [1.82, 2.24) is 14.8 Å². The molecule has 1 aromatic rings. The van der Waals surface area contributed by atoms with Gasteiger partial charge in [-0.1, -0.05) is 0 Å². The van der Waals surface area contributed by atoms with Gasteiger partial charge < -0.3 is 10.2 Å². The van der Waals surface area contributed by atoms with Crippen LogP contribution in [0, 0.1) is 11.3 Å². The van der Waals surface area contributed by atoms with E-state index < -0.39 is 0 Å². The van der Waals surface area contributed by atoms with Crippen molar-refractivity contribution in [1.29, 1.82) is 5.26 Å². The Balaban J connectivity index is 1.78. The normalized spacial score (nSPS) is 16.2. The highest BCUT2D eigenvalue weighted by Crippen LogP contribution is 2.15. The Labute approximate surface area is 125 Å². The molecule has 0 aliphatic carbocycles. The summed E-state index contributed by atoms with van der Waals surface area (Å²) in [4.78, 5) is 19.7. The van der Waals surface area contributed by atoms with Crippen LogP contribution < -0.4 is 5.32 Å². The number of rotatable bonds is 4. The molecule has 6 nitrogen and oxygen atoms in total. The quantitative estimate of drug-likeness (QED) is 0.891. The number of amides is 1. The lowest BCUT2D eigenvalue weighted by Gasteiger charge is -2.32. The maximum absolute atomic E-state index is 11.7. The number of nitrogens with one attached hydrogen (secondary N) is 1. The minimum atomic E-state index is 0.148. The van der Waals surface area contributed by atoms with Gasteiger partial charge in [0.1, 0.15) is 11.9 Å². The summed E-state index contributed by atoms with van der Waals surface area (Å²) in [5, 5.41) is 12.1. The number of likely N-dealkylation sites (N-methyl/N-ethyl adjacent to an activating group) is 1. The summed E-state index contributed by atoms with van der Waals surface area (Å²) in [6.45, 7) is 2.32. The van der Waals surface area contributed by atoms with E-state index >= 15 is 0 Å². The number of likely N-dealkylation sites (tertiary alicyclic amines) is 1. The molecule has 0 radical (unpaired) electrons. The van der Waals surface area contributed by atoms with Crippen LogP contribution in [0.2, 0.25) is 0 Å². The van der Waals surface area contributed by atoms with Crippen LogP contribution in [0.4, 0.5) is 5.82 Å². The fourth-order valence-electron chi connectivity index (χ4n) is 2.32. The Kier molecular flexibility index (Phi) is 5.12. The Morgan fingerprint density at radius 2 is 2.19 bits per heavy atom. The van der Waals surface area contributed by atoms with Crippen molar-refractivity contribution in [3.63, 3.8) is 0 Å². The molecular formula is C15H21N5O. The third-order valence-electron chi connectivity index (χ3n) is 3.69. The molecule has 0 bridgehead atoms. The van der Waals surface area contributed by atoms with Gasteiger partial charge in [-0.25, -0.2) is 4.98 Å². The van der Waals surface area contributed by atoms with Crippen molar-refractivity contribution in [2.75, 3.05) is 39.0 Å². The third kappa shape index (κ3) is 4.43. The molecule has 0 spiro atoms. The first-order chi connectivity index (χ1) is 10.1. The SMILES string of the molecule is CN(C)C(=O)CN1CCC(Nc2ccc(C#N)cn2)CC1. The van der Waals surface area contributed by atoms with Crippen molar-refractivity contribution in [2.24, 2.45) is 0 Å². The number of anilines is 1. The summed E-state index contributed by atoms with van der Waals surface area (Å²) in [6, 6.07) is 6.03. The van der Waals surface area contributed by atoms with E-state index in [4.69, 9.17) is 5.26 Å². The minimum Gasteiger partial charge on any atom is -0.367 e. The van der Waals surface area contributed by atoms with E-state index in [0.29, 0.717) is 18.2 Å². The molecule has 0 aromatic carbocycles. The smallest absolute Gasteiger partial charge is 0.236 e. The molecule has 1 aliphatic rings. The van der Waals surface area contributed by atoms with Gasteiger partial charge in [0.05, 0.1) is 12.1 Å². The van der Waals surface area contributed by atoms with Gasteiger partial charge in [0, 0.05) is 39.4 Å². The average Bonchev–Trinajstić information content (AvgIpc) is 2.50. The van der Waals surface area contributed by atoms with E-state index in [-0.39, 0.29) is 5.91 Å². The summed E-state index contributed by atoms with van der Waals surface area (Å²) in [6.07, 6.45) is 3.55. The maximum Gasteiger partial charge on any atom is 0.236 e. The average molecular weight is 287 g/mol. The standard InChI is InChI=1S/C15H21N5O/c1-19(2)15(21)11-20-7-5-13(6-8-20)18-14-4-3-12(9-16)10-17-14/h3-4,10,13H,5-8,11H2,1-2H3,(H,17,18). The maximum atomic E-state index is 11.7. The Morgan fingerprint density at radius 3 is 2.71 bits per heavy atom. The van der Waals surface area contributed by atoms with E-state index in [1.165, 1.54) is 0 Å². The molecule has 1 amide bonds. The number of carbonyl (C=O) groups is 1. The number of piperidine rings is 1. The van der Waals surface area contributed by atoms with E-state index in [2.05, 4.69) is 21.3 Å². The van der Waals surface area contributed by atoms with Gasteiger partial charge in [0.15, 0.2) is 0 Å². The van der Waals surface area contributed by atoms with E-state index in [9.17, 15) is 4.79 Å². The first-order valence-corrected chi connectivity index (χ1v) is 7.13. The molecule has 0 atom stereocenters. The first kappa shape index (κ1) is 15.3. The van der Waals surface area contributed by atoms with Crippen molar-refractivity contribution in [2.45, 2.75) is 18.9 Å². The molecule has 2 rings (SSSR count). The second kappa shape index (κ2) is 7.04. The summed E-state index contributed by atoms with van der Waals surface area (Å²) in [7, 11) is 3.57. The number of carbonyl (C=O) groups excluding carboxylic acids is 1. The molecule has 2 heterocycles. The van der Waals surface area contributed by atoms with Crippen LogP contribution in [0.1, 0.15) is 18.4 Å². The van der Waals surface area contributed by atoms with Gasteiger partial charge in [-0.3, -0.25) is 9.69 Å². The molecule has 0 unspecified atom stereocenters. The number of aromatic nitrogens is 1. The zero-order chi connectivity index (χ0) is 15.2. The lowest BCUT2D eigenvalue weighted by atomic mass is 10.0. The molecule has 1 aromatic heterocycles. The topological polar surface area (TPSA) is 72.3 Å². The summed E-state index contributed by atoms with van der Waals surface area (Å²) < 4.78 is 0. The van der Waals surface area contributed by atoms with Gasteiger partial charge in [-0.2, -0.15) is 5.26 Å². The Bertz CT molecular complexity index is 512. The van der Waals surface area contributed by atoms with Crippen LogP contribution >= 0.6 is 0 Å². The van der Waals surface area contributed by atoms with Crippen LogP contribution in [0.25, 0.3) is 0 Å². The fourth-order valence-corrected chi connectivity index (χ4v) is 2.32. The van der Waals surface area contributed by atoms with Crippen LogP contribution in [-0.4, -0.2) is 60.5 Å². The fraction of sp³-hybridized carbons (Fsp3) is 0.533. The van der Waals surface area contributed by atoms with Gasteiger partial charge in [0.25, 0.3) is 0 Å². The van der Waals surface area contributed by atoms with Crippen LogP contribution in [0.5, 0.6) is 0 Å². The predicted octanol–water partition coefficient (Wildman–Crippen LogP) is 0.918. The number of pyridine rings is 1. The number of hydrogen-bond donors (Lipinski definition) is 1. The zero-order valence-electron chi connectivity index (χ0n) is 12.5. The highest BCUT2D eigenvalue weighted by molar-refractivity contribution is 5.77. The Hall–Kier alpha value is -2.13. The summed E-state index contributed by atoms with van der Waals surface area (Å²) >= 11 is 0. The first-order valence-electron chi connectivity index (χ1n) is 7.13. The predicted molar refractivity (Wildman–Crippen MR) is 80.7 cm³/mol. The van der Waals surface area contributed by atoms with Crippen molar-refractivity contribution < 1.29 is 4.79 Å². The van der Waals surface area contributed by atoms with Crippen molar-refractivity contribution >= 4 is 11.7 Å². The monoisotopic (exact) mass is 287 g/mol. The zero-order valence-corrected chi connectivity index (χ0v) is 12.5. The van der Waals surface area contributed by atoms with Crippen molar-refractivity contribution in [3.8, 4) is 6.07 Å². The number of nitriles is 1. The highest BCUT2D eigenvalue weighted by atomic mass is 16.2. The second-order valence-corrected chi connectivity index (χ2v) is 5.53. The molecular weight excluding hydrogens is 266 g/mol. The molecule has 1 saturated heterocycles. The number of nitrogens with zero attached hydrogens (tertiary/aromatic N) is 4. The van der Waals surface area contributed by atoms with Crippen LogP contribution in [-0.2, 0) is 4.79 Å². The molecule has 21 heavy (non-hydrogen) atoms. The minimum absolute atomic E-state index is 0.148. The van der Waals surface area contributed by atoms with Crippen LogP contribution in [0.15, 0.2) is 18.3 Å². The number of hydrogen-bond acceptors (Lipinski definition) is 5. The van der Waals surface area contributed by atoms with E-state index in [0.717, 1.165) is 31.7 Å². The van der Waals surface area contributed by atoms with Gasteiger partial charge in [0.2, 0.25) is 5.91 Å². The molecule has 1 N–H and O–H groups in total. The lowest BCUT2D eigenvalue weighted by Crippen LogP contribution is -2.44. The highest BCUT2D eigenvalue weighted by Gasteiger charge is 2.21. The lowest BCUT2D eigenvalue weighted by molar-refractivity contribution is -0.130. The summed E-state index contributed by atoms with van der Waals surface area (Å²) in [5.74, 6) is 0.951. The van der Waals surface area contributed by atoms with Crippen molar-refractivity contribution in [3.05, 3.63) is 23.9 Å². The van der Waals surface area contributed by atoms with Gasteiger partial charge in [-0.15, -0.1) is 0 Å². The third-order valence-corrected chi connectivity index (χ3v) is 3.69. The van der Waals surface area contributed by atoms with E-state index in [1.54, 1.807) is 31.3 Å². The van der Waals surface area contributed by atoms with E-state index in [1.807, 2.05) is 6.07 Å². The second-order valence-electron chi connectivity index (χ2n) is 5.53. The summed E-state index contributed by atoms with van der Waals surface area (Å²) in [5.41, 5.74) is 0.567. The molecule has 1 aliphatic heterocycles. The van der Waals surface area contributed by atoms with Gasteiger partial charge >= 0.3 is 0 Å². The molecule has 112 valence electrons. The van der Waals surface area contributed by atoms with Gasteiger partial charge in [-0.05, 0) is 25.0 Å². The molecule has 1 fully saturated rings. The largest absolute Gasteiger partial charge is 0.367 e. The Morgan fingerprint density at radius 1 is 1.48 bits per heavy atom. The molecule has 6 heteroatoms.